The number of nitrogens with one attached hydrogen (secondary N) is 1. The molecule has 2 fully saturated rings. The summed E-state index contributed by atoms with van der Waals surface area (Å²) in [5.41, 5.74) is 0. The van der Waals surface area contributed by atoms with Crippen molar-refractivity contribution in [2.24, 2.45) is 5.92 Å². The van der Waals surface area contributed by atoms with Gasteiger partial charge < -0.3 is 15.0 Å². The van der Waals surface area contributed by atoms with Gasteiger partial charge in [0.15, 0.2) is 0 Å². The lowest BCUT2D eigenvalue weighted by Gasteiger charge is -2.33. The average Bonchev–Trinajstić information content (AvgIpc) is 2.29. The lowest BCUT2D eigenvalue weighted by Crippen LogP contribution is -2.46. The predicted molar refractivity (Wildman–Crippen MR) is 66.8 cm³/mol. The van der Waals surface area contributed by atoms with Gasteiger partial charge >= 0.3 is 0 Å². The number of morpholine rings is 1. The highest BCUT2D eigenvalue weighted by atomic mass is 16.5. The highest BCUT2D eigenvalue weighted by molar-refractivity contribution is 5.76. The fraction of sp³-hybridized carbons (Fsp3) is 0.923. The van der Waals surface area contributed by atoms with Gasteiger partial charge in [-0.2, -0.15) is 0 Å². The van der Waals surface area contributed by atoms with Gasteiger partial charge in [0, 0.05) is 32.1 Å². The summed E-state index contributed by atoms with van der Waals surface area (Å²) >= 11 is 0. The predicted octanol–water partition coefficient (Wildman–Crippen LogP) is 1.01. The van der Waals surface area contributed by atoms with Gasteiger partial charge in [0.2, 0.25) is 5.91 Å². The van der Waals surface area contributed by atoms with Crippen LogP contribution in [-0.4, -0.2) is 49.7 Å². The molecule has 1 heterocycles. The van der Waals surface area contributed by atoms with Gasteiger partial charge in [0.05, 0.1) is 13.2 Å². The van der Waals surface area contributed by atoms with Crippen molar-refractivity contribution in [3.8, 4) is 0 Å². The van der Waals surface area contributed by atoms with Crippen molar-refractivity contribution in [3.05, 3.63) is 0 Å². The summed E-state index contributed by atoms with van der Waals surface area (Å²) < 4.78 is 5.38. The number of amides is 1. The zero-order chi connectivity index (χ0) is 12.1. The zero-order valence-electron chi connectivity index (χ0n) is 10.8. The SMILES string of the molecule is CCN(CC1CCC1)C(=O)CC1COCCN1. The van der Waals surface area contributed by atoms with Crippen LogP contribution in [0.1, 0.15) is 32.6 Å². The van der Waals surface area contributed by atoms with E-state index in [1.54, 1.807) is 0 Å². The first kappa shape index (κ1) is 12.8. The quantitative estimate of drug-likeness (QED) is 0.780. The number of hydrogen-bond acceptors (Lipinski definition) is 3. The maximum Gasteiger partial charge on any atom is 0.224 e. The minimum Gasteiger partial charge on any atom is -0.378 e. The summed E-state index contributed by atoms with van der Waals surface area (Å²) in [4.78, 5) is 14.2. The summed E-state index contributed by atoms with van der Waals surface area (Å²) in [6.45, 7) is 6.18. The largest absolute Gasteiger partial charge is 0.378 e. The second kappa shape index (κ2) is 6.36. The van der Waals surface area contributed by atoms with E-state index in [9.17, 15) is 4.79 Å². The molecule has 1 aliphatic carbocycles. The monoisotopic (exact) mass is 240 g/mol. The zero-order valence-corrected chi connectivity index (χ0v) is 10.8. The number of carbonyl (C=O) groups excluding carboxylic acids is 1. The van der Waals surface area contributed by atoms with Crippen molar-refractivity contribution in [3.63, 3.8) is 0 Å². The van der Waals surface area contributed by atoms with Crippen molar-refractivity contribution in [2.75, 3.05) is 32.8 Å². The molecule has 0 radical (unpaired) electrons. The van der Waals surface area contributed by atoms with Gasteiger partial charge in [-0.25, -0.2) is 0 Å². The smallest absolute Gasteiger partial charge is 0.224 e. The van der Waals surface area contributed by atoms with E-state index in [4.69, 9.17) is 4.74 Å². The highest BCUT2D eigenvalue weighted by Crippen LogP contribution is 2.27. The molecule has 1 N–H and O–H groups in total. The van der Waals surface area contributed by atoms with Crippen LogP contribution in [0.2, 0.25) is 0 Å². The third-order valence-electron chi connectivity index (χ3n) is 3.86. The molecular formula is C13H24N2O2. The molecule has 1 atom stereocenters. The highest BCUT2D eigenvalue weighted by Gasteiger charge is 2.25. The van der Waals surface area contributed by atoms with E-state index in [1.165, 1.54) is 19.3 Å². The Morgan fingerprint density at radius 2 is 2.29 bits per heavy atom. The van der Waals surface area contributed by atoms with Gasteiger partial charge in [-0.1, -0.05) is 6.42 Å². The first-order valence-corrected chi connectivity index (χ1v) is 6.88. The van der Waals surface area contributed by atoms with Crippen LogP contribution in [0.25, 0.3) is 0 Å². The first-order valence-electron chi connectivity index (χ1n) is 6.88. The fourth-order valence-electron chi connectivity index (χ4n) is 2.49. The minimum atomic E-state index is 0.215. The molecule has 17 heavy (non-hydrogen) atoms. The standard InChI is InChI=1S/C13H24N2O2/c1-2-15(9-11-4-3-5-11)13(16)8-12-10-17-7-6-14-12/h11-12,14H,2-10H2,1H3. The van der Waals surface area contributed by atoms with Crippen LogP contribution in [0.4, 0.5) is 0 Å². The van der Waals surface area contributed by atoms with Gasteiger partial charge in [-0.15, -0.1) is 0 Å². The number of rotatable bonds is 5. The Morgan fingerprint density at radius 3 is 2.82 bits per heavy atom. The topological polar surface area (TPSA) is 41.6 Å². The molecule has 4 heteroatoms. The fourth-order valence-corrected chi connectivity index (χ4v) is 2.49. The lowest BCUT2D eigenvalue weighted by atomic mass is 9.85. The Hall–Kier alpha value is -0.610. The molecule has 4 nitrogen and oxygen atoms in total. The maximum atomic E-state index is 12.1. The average molecular weight is 240 g/mol. The van der Waals surface area contributed by atoms with E-state index in [-0.39, 0.29) is 11.9 Å². The van der Waals surface area contributed by atoms with Crippen LogP contribution in [0.5, 0.6) is 0 Å². The summed E-state index contributed by atoms with van der Waals surface area (Å²) in [5.74, 6) is 1.04. The van der Waals surface area contributed by atoms with Crippen molar-refractivity contribution >= 4 is 5.91 Å². The number of carbonyl (C=O) groups is 1. The molecular weight excluding hydrogens is 216 g/mol. The molecule has 1 aliphatic heterocycles. The first-order chi connectivity index (χ1) is 8.29. The Morgan fingerprint density at radius 1 is 1.47 bits per heavy atom. The van der Waals surface area contributed by atoms with Crippen LogP contribution in [0.15, 0.2) is 0 Å². The molecule has 0 bridgehead atoms. The van der Waals surface area contributed by atoms with E-state index in [0.29, 0.717) is 13.0 Å². The van der Waals surface area contributed by atoms with Crippen LogP contribution < -0.4 is 5.32 Å². The Labute approximate surface area is 104 Å². The second-order valence-electron chi connectivity index (χ2n) is 5.16. The number of hydrogen-bond donors (Lipinski definition) is 1. The van der Waals surface area contributed by atoms with Gasteiger partial charge in [0.1, 0.15) is 0 Å². The Bertz CT molecular complexity index is 248. The van der Waals surface area contributed by atoms with Gasteiger partial charge in [0.25, 0.3) is 0 Å². The summed E-state index contributed by atoms with van der Waals surface area (Å²) in [7, 11) is 0. The van der Waals surface area contributed by atoms with Crippen molar-refractivity contribution in [1.82, 2.24) is 10.2 Å². The third-order valence-corrected chi connectivity index (χ3v) is 3.86. The van der Waals surface area contributed by atoms with Crippen molar-refractivity contribution in [1.29, 1.82) is 0 Å². The number of ether oxygens (including phenoxy) is 1. The van der Waals surface area contributed by atoms with E-state index in [1.807, 2.05) is 4.90 Å². The van der Waals surface area contributed by atoms with Crippen LogP contribution in [0, 0.1) is 5.92 Å². The molecule has 1 saturated carbocycles. The minimum absolute atomic E-state index is 0.215. The van der Waals surface area contributed by atoms with Crippen LogP contribution in [-0.2, 0) is 9.53 Å². The lowest BCUT2D eigenvalue weighted by molar-refractivity contribution is -0.133. The molecule has 2 rings (SSSR count). The third kappa shape index (κ3) is 3.68. The molecule has 0 spiro atoms. The van der Waals surface area contributed by atoms with E-state index in [0.717, 1.165) is 32.2 Å². The Kier molecular flexibility index (Phi) is 4.80. The van der Waals surface area contributed by atoms with E-state index < -0.39 is 0 Å². The number of nitrogens with zero attached hydrogens (tertiary/aromatic N) is 1. The molecule has 0 aromatic heterocycles. The molecule has 0 aromatic carbocycles. The molecule has 1 unspecified atom stereocenters. The summed E-state index contributed by atoms with van der Waals surface area (Å²) in [6.07, 6.45) is 4.53. The molecule has 98 valence electrons. The van der Waals surface area contributed by atoms with Crippen LogP contribution in [0.3, 0.4) is 0 Å². The van der Waals surface area contributed by atoms with Crippen molar-refractivity contribution < 1.29 is 9.53 Å². The van der Waals surface area contributed by atoms with Gasteiger partial charge in [-0.05, 0) is 25.7 Å². The van der Waals surface area contributed by atoms with Crippen LogP contribution >= 0.6 is 0 Å². The van der Waals surface area contributed by atoms with E-state index in [2.05, 4.69) is 12.2 Å². The van der Waals surface area contributed by atoms with E-state index >= 15 is 0 Å². The summed E-state index contributed by atoms with van der Waals surface area (Å²) in [6, 6.07) is 0.215. The Balaban J connectivity index is 1.74. The molecule has 2 aliphatic rings. The summed E-state index contributed by atoms with van der Waals surface area (Å²) in [5, 5.41) is 3.34. The van der Waals surface area contributed by atoms with Crippen molar-refractivity contribution in [2.45, 2.75) is 38.6 Å². The normalized spacial score (nSPS) is 25.4. The van der Waals surface area contributed by atoms with Gasteiger partial charge in [-0.3, -0.25) is 4.79 Å². The molecule has 1 amide bonds. The second-order valence-corrected chi connectivity index (χ2v) is 5.16. The molecule has 1 saturated heterocycles. The maximum absolute atomic E-state index is 12.1. The molecule has 0 aromatic rings.